The van der Waals surface area contributed by atoms with E-state index in [4.69, 9.17) is 5.11 Å². The summed E-state index contributed by atoms with van der Waals surface area (Å²) in [5.74, 6) is 0. The Balaban J connectivity index is 0.000000561. The molecule has 0 saturated carbocycles. The van der Waals surface area contributed by atoms with Crippen LogP contribution in [0.4, 0.5) is 0 Å². The minimum atomic E-state index is -0.409. The minimum absolute atomic E-state index is 0.409. The summed E-state index contributed by atoms with van der Waals surface area (Å²) in [4.78, 5) is 4.04. The second kappa shape index (κ2) is 5.72. The molecular formula is C10H17NO. The Hall–Kier alpha value is -0.890. The Bertz CT molecular complexity index is 204. The van der Waals surface area contributed by atoms with E-state index in [0.29, 0.717) is 0 Å². The third kappa shape index (κ3) is 3.49. The molecule has 0 aliphatic heterocycles. The molecule has 2 nitrogen and oxygen atoms in total. The number of pyridine rings is 1. The fourth-order valence-corrected chi connectivity index (χ4v) is 0.726. The molecule has 0 saturated heterocycles. The van der Waals surface area contributed by atoms with Crippen molar-refractivity contribution >= 4 is 0 Å². The van der Waals surface area contributed by atoms with Crippen molar-refractivity contribution in [2.24, 2.45) is 0 Å². The Morgan fingerprint density at radius 2 is 1.92 bits per heavy atom. The lowest BCUT2D eigenvalue weighted by Gasteiger charge is -2.02. The molecule has 1 unspecified atom stereocenters. The van der Waals surface area contributed by atoms with E-state index >= 15 is 0 Å². The molecule has 1 heterocycles. The standard InChI is InChI=1S/C8H11NO.C2H6/c1-6-3-4-8(5-9-6)7(2)10;1-2/h3-5,7,10H,1-2H3;1-2H3. The lowest BCUT2D eigenvalue weighted by molar-refractivity contribution is 0.199. The van der Waals surface area contributed by atoms with Crippen molar-refractivity contribution in [3.63, 3.8) is 0 Å². The second-order valence-electron chi connectivity index (χ2n) is 2.41. The molecule has 0 aliphatic rings. The number of aryl methyl sites for hydroxylation is 1. The summed E-state index contributed by atoms with van der Waals surface area (Å²) in [6.45, 7) is 7.65. The first-order chi connectivity index (χ1) is 5.70. The zero-order valence-electron chi connectivity index (χ0n) is 8.20. The van der Waals surface area contributed by atoms with Crippen LogP contribution in [0.25, 0.3) is 0 Å². The van der Waals surface area contributed by atoms with Crippen LogP contribution in [0.3, 0.4) is 0 Å². The Labute approximate surface area is 74.3 Å². The average molecular weight is 167 g/mol. The molecule has 1 N–H and O–H groups in total. The maximum atomic E-state index is 9.07. The van der Waals surface area contributed by atoms with E-state index in [0.717, 1.165) is 11.3 Å². The Morgan fingerprint density at radius 1 is 1.33 bits per heavy atom. The number of hydrogen-bond acceptors (Lipinski definition) is 2. The predicted octanol–water partition coefficient (Wildman–Crippen LogP) is 2.47. The van der Waals surface area contributed by atoms with Gasteiger partial charge >= 0.3 is 0 Å². The van der Waals surface area contributed by atoms with Crippen LogP contribution in [0.2, 0.25) is 0 Å². The van der Waals surface area contributed by atoms with E-state index in [1.54, 1.807) is 13.1 Å². The van der Waals surface area contributed by atoms with Crippen molar-refractivity contribution < 1.29 is 5.11 Å². The van der Waals surface area contributed by atoms with Gasteiger partial charge in [-0.15, -0.1) is 0 Å². The summed E-state index contributed by atoms with van der Waals surface area (Å²) < 4.78 is 0. The van der Waals surface area contributed by atoms with Crippen molar-refractivity contribution in [1.29, 1.82) is 0 Å². The molecule has 0 aromatic carbocycles. The molecule has 0 aliphatic carbocycles. The van der Waals surface area contributed by atoms with Gasteiger partial charge in [0.2, 0.25) is 0 Å². The lowest BCUT2D eigenvalue weighted by Crippen LogP contribution is -1.91. The normalized spacial score (nSPS) is 11.4. The van der Waals surface area contributed by atoms with Crippen LogP contribution in [-0.2, 0) is 0 Å². The van der Waals surface area contributed by atoms with Gasteiger partial charge in [0.25, 0.3) is 0 Å². The van der Waals surface area contributed by atoms with Gasteiger partial charge in [0.1, 0.15) is 0 Å². The highest BCUT2D eigenvalue weighted by atomic mass is 16.3. The third-order valence-electron chi connectivity index (χ3n) is 1.42. The first-order valence-corrected chi connectivity index (χ1v) is 4.31. The van der Waals surface area contributed by atoms with E-state index in [1.165, 1.54) is 0 Å². The van der Waals surface area contributed by atoms with Gasteiger partial charge in [-0.1, -0.05) is 19.9 Å². The van der Waals surface area contributed by atoms with E-state index in [2.05, 4.69) is 4.98 Å². The number of aliphatic hydroxyl groups excluding tert-OH is 1. The number of aromatic nitrogens is 1. The van der Waals surface area contributed by atoms with Gasteiger partial charge in [-0.05, 0) is 25.5 Å². The maximum Gasteiger partial charge on any atom is 0.0776 e. The first-order valence-electron chi connectivity index (χ1n) is 4.31. The molecule has 12 heavy (non-hydrogen) atoms. The quantitative estimate of drug-likeness (QED) is 0.697. The molecule has 1 rings (SSSR count). The molecular weight excluding hydrogens is 150 g/mol. The molecule has 1 aromatic rings. The van der Waals surface area contributed by atoms with Crippen LogP contribution in [-0.4, -0.2) is 10.1 Å². The average Bonchev–Trinajstić information content (AvgIpc) is 2.09. The predicted molar refractivity (Wildman–Crippen MR) is 51.0 cm³/mol. The van der Waals surface area contributed by atoms with Gasteiger partial charge in [-0.25, -0.2) is 0 Å². The Kier molecular flexibility index (Phi) is 5.30. The second-order valence-corrected chi connectivity index (χ2v) is 2.41. The summed E-state index contributed by atoms with van der Waals surface area (Å²) in [6, 6.07) is 3.77. The SMILES string of the molecule is CC.Cc1ccc(C(C)O)cn1. The number of nitrogens with zero attached hydrogens (tertiary/aromatic N) is 1. The van der Waals surface area contributed by atoms with Crippen LogP contribution >= 0.6 is 0 Å². The maximum absolute atomic E-state index is 9.07. The number of rotatable bonds is 1. The fraction of sp³-hybridized carbons (Fsp3) is 0.500. The molecule has 0 radical (unpaired) electrons. The van der Waals surface area contributed by atoms with Crippen molar-refractivity contribution in [3.05, 3.63) is 29.6 Å². The van der Waals surface area contributed by atoms with Gasteiger partial charge in [0.05, 0.1) is 6.10 Å². The number of aliphatic hydroxyl groups is 1. The van der Waals surface area contributed by atoms with Gasteiger partial charge in [0.15, 0.2) is 0 Å². The van der Waals surface area contributed by atoms with Gasteiger partial charge in [0, 0.05) is 11.9 Å². The largest absolute Gasteiger partial charge is 0.389 e. The van der Waals surface area contributed by atoms with Crippen LogP contribution in [0.15, 0.2) is 18.3 Å². The summed E-state index contributed by atoms with van der Waals surface area (Å²) in [6.07, 6.45) is 1.29. The zero-order chi connectivity index (χ0) is 9.56. The van der Waals surface area contributed by atoms with Crippen LogP contribution < -0.4 is 0 Å². The third-order valence-corrected chi connectivity index (χ3v) is 1.42. The highest BCUT2D eigenvalue weighted by molar-refractivity contribution is 5.14. The monoisotopic (exact) mass is 167 g/mol. The van der Waals surface area contributed by atoms with Crippen molar-refractivity contribution in [1.82, 2.24) is 4.98 Å². The van der Waals surface area contributed by atoms with Gasteiger partial charge in [-0.2, -0.15) is 0 Å². The van der Waals surface area contributed by atoms with E-state index in [1.807, 2.05) is 32.9 Å². The van der Waals surface area contributed by atoms with Crippen LogP contribution in [0, 0.1) is 6.92 Å². The lowest BCUT2D eigenvalue weighted by atomic mass is 10.2. The van der Waals surface area contributed by atoms with Gasteiger partial charge < -0.3 is 5.11 Å². The Morgan fingerprint density at radius 3 is 2.25 bits per heavy atom. The molecule has 0 amide bonds. The molecule has 0 fully saturated rings. The van der Waals surface area contributed by atoms with Crippen LogP contribution in [0.5, 0.6) is 0 Å². The molecule has 1 atom stereocenters. The van der Waals surface area contributed by atoms with E-state index in [9.17, 15) is 0 Å². The number of hydrogen-bond donors (Lipinski definition) is 1. The summed E-state index contributed by atoms with van der Waals surface area (Å²) in [7, 11) is 0. The molecule has 0 bridgehead atoms. The molecule has 1 aromatic heterocycles. The summed E-state index contributed by atoms with van der Waals surface area (Å²) in [5, 5.41) is 9.07. The highest BCUT2D eigenvalue weighted by Gasteiger charge is 1.98. The van der Waals surface area contributed by atoms with E-state index in [-0.39, 0.29) is 0 Å². The van der Waals surface area contributed by atoms with E-state index < -0.39 is 6.10 Å². The topological polar surface area (TPSA) is 33.1 Å². The zero-order valence-corrected chi connectivity index (χ0v) is 8.20. The van der Waals surface area contributed by atoms with Gasteiger partial charge in [-0.3, -0.25) is 4.98 Å². The molecule has 0 spiro atoms. The summed E-state index contributed by atoms with van der Waals surface area (Å²) >= 11 is 0. The van der Waals surface area contributed by atoms with Crippen LogP contribution in [0.1, 0.15) is 38.1 Å². The smallest absolute Gasteiger partial charge is 0.0776 e. The minimum Gasteiger partial charge on any atom is -0.389 e. The summed E-state index contributed by atoms with van der Waals surface area (Å²) in [5.41, 5.74) is 1.84. The fourth-order valence-electron chi connectivity index (χ4n) is 0.726. The first kappa shape index (κ1) is 11.1. The van der Waals surface area contributed by atoms with Crippen molar-refractivity contribution in [2.45, 2.75) is 33.8 Å². The van der Waals surface area contributed by atoms with Crippen molar-refractivity contribution in [3.8, 4) is 0 Å². The molecule has 2 heteroatoms. The molecule has 68 valence electrons. The highest BCUT2D eigenvalue weighted by Crippen LogP contribution is 2.09. The van der Waals surface area contributed by atoms with Crippen molar-refractivity contribution in [2.75, 3.05) is 0 Å².